The second-order valence-corrected chi connectivity index (χ2v) is 7.60. The van der Waals surface area contributed by atoms with E-state index in [4.69, 9.17) is 0 Å². The summed E-state index contributed by atoms with van der Waals surface area (Å²) >= 11 is 0. The number of pyridine rings is 1. The van der Waals surface area contributed by atoms with Crippen LogP contribution in [0.15, 0.2) is 54.9 Å². The van der Waals surface area contributed by atoms with Gasteiger partial charge in [-0.1, -0.05) is 38.1 Å². The van der Waals surface area contributed by atoms with Crippen LogP contribution in [0.3, 0.4) is 0 Å². The number of nitrogens with one attached hydrogen (secondary N) is 3. The van der Waals surface area contributed by atoms with E-state index in [0.29, 0.717) is 11.8 Å². The van der Waals surface area contributed by atoms with Crippen molar-refractivity contribution in [2.24, 2.45) is 5.92 Å². The molecule has 8 heteroatoms. The van der Waals surface area contributed by atoms with Gasteiger partial charge in [-0.15, -0.1) is 0 Å². The molecule has 31 heavy (non-hydrogen) atoms. The van der Waals surface area contributed by atoms with Crippen molar-refractivity contribution in [3.05, 3.63) is 66.0 Å². The number of rotatable bonds is 10. The van der Waals surface area contributed by atoms with Crippen molar-refractivity contribution in [2.45, 2.75) is 45.3 Å². The van der Waals surface area contributed by atoms with Crippen molar-refractivity contribution in [1.29, 1.82) is 0 Å². The Morgan fingerprint density at radius 2 is 1.65 bits per heavy atom. The summed E-state index contributed by atoms with van der Waals surface area (Å²) in [6.45, 7) is 5.15. The van der Waals surface area contributed by atoms with Gasteiger partial charge in [0.05, 0.1) is 6.04 Å². The molecule has 0 fully saturated rings. The zero-order valence-corrected chi connectivity index (χ0v) is 17.9. The van der Waals surface area contributed by atoms with Crippen molar-refractivity contribution in [2.75, 3.05) is 0 Å². The highest BCUT2D eigenvalue weighted by atomic mass is 16.2. The molecule has 0 aliphatic rings. The number of aromatic nitrogens is 1. The quantitative estimate of drug-likeness (QED) is 0.497. The van der Waals surface area contributed by atoms with Crippen LogP contribution in [0.1, 0.15) is 36.7 Å². The van der Waals surface area contributed by atoms with Crippen LogP contribution < -0.4 is 16.0 Å². The minimum Gasteiger partial charge on any atom is -0.345 e. The summed E-state index contributed by atoms with van der Waals surface area (Å²) in [5.41, 5.74) is 1.18. The molecule has 0 bridgehead atoms. The van der Waals surface area contributed by atoms with E-state index in [0.717, 1.165) is 5.56 Å². The molecule has 0 radical (unpaired) electrons. The van der Waals surface area contributed by atoms with Crippen molar-refractivity contribution < 1.29 is 19.2 Å². The molecule has 3 amide bonds. The van der Waals surface area contributed by atoms with Gasteiger partial charge in [0.15, 0.2) is 0 Å². The number of hydrogen-bond donors (Lipinski definition) is 3. The third-order valence-electron chi connectivity index (χ3n) is 4.75. The van der Waals surface area contributed by atoms with Crippen LogP contribution in [0, 0.1) is 5.92 Å². The predicted octanol–water partition coefficient (Wildman–Crippen LogP) is 1.27. The van der Waals surface area contributed by atoms with E-state index >= 15 is 0 Å². The second-order valence-electron chi connectivity index (χ2n) is 7.60. The fraction of sp³-hybridized carbons (Fsp3) is 0.348. The summed E-state index contributed by atoms with van der Waals surface area (Å²) in [6, 6.07) is 9.65. The molecule has 3 atom stereocenters. The lowest BCUT2D eigenvalue weighted by Crippen LogP contribution is -2.55. The first-order valence-corrected chi connectivity index (χ1v) is 10.1. The van der Waals surface area contributed by atoms with E-state index < -0.39 is 35.8 Å². The molecule has 0 spiro atoms. The highest BCUT2D eigenvalue weighted by molar-refractivity contribution is 5.98. The summed E-state index contributed by atoms with van der Waals surface area (Å²) < 4.78 is 0. The molecular formula is C23H28N4O4. The maximum absolute atomic E-state index is 12.9. The Balaban J connectivity index is 2.10. The van der Waals surface area contributed by atoms with Crippen LogP contribution in [-0.2, 0) is 20.8 Å². The Bertz CT molecular complexity index is 887. The zero-order chi connectivity index (χ0) is 22.8. The fourth-order valence-corrected chi connectivity index (χ4v) is 2.82. The van der Waals surface area contributed by atoms with Gasteiger partial charge in [0.2, 0.25) is 11.8 Å². The second kappa shape index (κ2) is 11.6. The van der Waals surface area contributed by atoms with Crippen LogP contribution in [0.25, 0.3) is 0 Å². The molecule has 1 unspecified atom stereocenters. The smallest absolute Gasteiger partial charge is 0.251 e. The lowest BCUT2D eigenvalue weighted by molar-refractivity contribution is -0.130. The van der Waals surface area contributed by atoms with Gasteiger partial charge in [0, 0.05) is 24.4 Å². The number of benzene rings is 1. The lowest BCUT2D eigenvalue weighted by atomic mass is 10.0. The van der Waals surface area contributed by atoms with Crippen molar-refractivity contribution >= 4 is 24.0 Å². The van der Waals surface area contributed by atoms with Gasteiger partial charge in [0.1, 0.15) is 18.4 Å². The first kappa shape index (κ1) is 23.7. The normalized spacial score (nSPS) is 13.5. The van der Waals surface area contributed by atoms with Gasteiger partial charge in [-0.3, -0.25) is 19.4 Å². The molecule has 164 valence electrons. The molecule has 1 aromatic carbocycles. The van der Waals surface area contributed by atoms with Crippen LogP contribution in [0.4, 0.5) is 0 Å². The Morgan fingerprint density at radius 3 is 2.23 bits per heavy atom. The molecule has 0 saturated heterocycles. The maximum atomic E-state index is 12.9. The number of amides is 3. The Hall–Kier alpha value is -3.55. The van der Waals surface area contributed by atoms with Crippen LogP contribution in [0.2, 0.25) is 0 Å². The van der Waals surface area contributed by atoms with Gasteiger partial charge in [-0.25, -0.2) is 0 Å². The number of hydrogen-bond acceptors (Lipinski definition) is 5. The SMILES string of the molecule is CC(C)[C@@H](C=O)NC(=O)[C@H](C)NC(=O)C(Cc1cccnc1)NC(=O)c1ccccc1. The van der Waals surface area contributed by atoms with Crippen molar-refractivity contribution in [3.8, 4) is 0 Å². The molecule has 2 aromatic rings. The van der Waals surface area contributed by atoms with Gasteiger partial charge < -0.3 is 20.7 Å². The first-order valence-electron chi connectivity index (χ1n) is 10.1. The van der Waals surface area contributed by atoms with Crippen molar-refractivity contribution in [3.63, 3.8) is 0 Å². The number of aldehydes is 1. The molecule has 1 aromatic heterocycles. The van der Waals surface area contributed by atoms with Crippen molar-refractivity contribution in [1.82, 2.24) is 20.9 Å². The number of carbonyl (C=O) groups excluding carboxylic acids is 4. The van der Waals surface area contributed by atoms with Crippen LogP contribution in [0.5, 0.6) is 0 Å². The third kappa shape index (κ3) is 7.33. The minimum atomic E-state index is -0.917. The summed E-state index contributed by atoms with van der Waals surface area (Å²) in [7, 11) is 0. The summed E-state index contributed by atoms with van der Waals surface area (Å²) in [5.74, 6) is -1.47. The molecule has 0 saturated carbocycles. The largest absolute Gasteiger partial charge is 0.345 e. The van der Waals surface area contributed by atoms with E-state index in [1.54, 1.807) is 54.9 Å². The fourth-order valence-electron chi connectivity index (χ4n) is 2.82. The highest BCUT2D eigenvalue weighted by Crippen LogP contribution is 2.06. The highest BCUT2D eigenvalue weighted by Gasteiger charge is 2.26. The van der Waals surface area contributed by atoms with Gasteiger partial charge in [-0.2, -0.15) is 0 Å². The first-order chi connectivity index (χ1) is 14.8. The predicted molar refractivity (Wildman–Crippen MR) is 116 cm³/mol. The van der Waals surface area contributed by atoms with E-state index in [1.165, 1.54) is 6.92 Å². The van der Waals surface area contributed by atoms with Crippen LogP contribution in [-0.4, -0.2) is 47.1 Å². The molecule has 2 rings (SSSR count). The number of nitrogens with zero attached hydrogens (tertiary/aromatic N) is 1. The average Bonchev–Trinajstić information content (AvgIpc) is 2.77. The standard InChI is InChI=1S/C23H28N4O4/c1-15(2)20(14-28)27-21(29)16(3)25-23(31)19(12-17-8-7-11-24-13-17)26-22(30)18-9-5-4-6-10-18/h4-11,13-16,19-20H,12H2,1-3H3,(H,25,31)(H,26,30)(H,27,29)/t16-,19?,20+/m0/s1. The monoisotopic (exact) mass is 424 g/mol. The molecule has 3 N–H and O–H groups in total. The summed E-state index contributed by atoms with van der Waals surface area (Å²) in [5, 5.41) is 7.96. The lowest BCUT2D eigenvalue weighted by Gasteiger charge is -2.23. The van der Waals surface area contributed by atoms with Gasteiger partial charge in [0.25, 0.3) is 5.91 Å². The Kier molecular flexibility index (Phi) is 8.87. The van der Waals surface area contributed by atoms with Gasteiger partial charge >= 0.3 is 0 Å². The Morgan fingerprint density at radius 1 is 0.935 bits per heavy atom. The van der Waals surface area contributed by atoms with Crippen LogP contribution >= 0.6 is 0 Å². The minimum absolute atomic E-state index is 0.0761. The molecule has 0 aliphatic carbocycles. The third-order valence-corrected chi connectivity index (χ3v) is 4.75. The maximum Gasteiger partial charge on any atom is 0.251 e. The summed E-state index contributed by atoms with van der Waals surface area (Å²) in [4.78, 5) is 53.1. The van der Waals surface area contributed by atoms with E-state index in [-0.39, 0.29) is 12.3 Å². The molecule has 1 heterocycles. The topological polar surface area (TPSA) is 117 Å². The molecule has 8 nitrogen and oxygen atoms in total. The molecular weight excluding hydrogens is 396 g/mol. The number of carbonyl (C=O) groups is 4. The average molecular weight is 425 g/mol. The van der Waals surface area contributed by atoms with E-state index in [2.05, 4.69) is 20.9 Å². The van der Waals surface area contributed by atoms with E-state index in [1.807, 2.05) is 13.8 Å². The zero-order valence-electron chi connectivity index (χ0n) is 17.9. The van der Waals surface area contributed by atoms with Gasteiger partial charge in [-0.05, 0) is 36.6 Å². The van der Waals surface area contributed by atoms with E-state index in [9.17, 15) is 19.2 Å². The molecule has 0 aliphatic heterocycles. The Labute approximate surface area is 181 Å². The summed E-state index contributed by atoms with van der Waals surface area (Å²) in [6.07, 6.45) is 4.10.